The first-order chi connectivity index (χ1) is 11.0. The second-order valence-electron chi connectivity index (χ2n) is 4.41. The number of halogens is 1. The van der Waals surface area contributed by atoms with Gasteiger partial charge in [0.15, 0.2) is 5.75 Å². The number of anilines is 3. The number of pyridine rings is 2. The number of amides is 1. The van der Waals surface area contributed by atoms with Crippen molar-refractivity contribution in [2.24, 2.45) is 0 Å². The number of carbonyl (C=O) groups excluding carboxylic acids is 1. The van der Waals surface area contributed by atoms with Crippen LogP contribution in [0.4, 0.5) is 17.3 Å². The first kappa shape index (κ1) is 16.8. The van der Waals surface area contributed by atoms with E-state index in [-0.39, 0.29) is 18.3 Å². The zero-order chi connectivity index (χ0) is 16.8. The Morgan fingerprint density at radius 2 is 2.22 bits per heavy atom. The zero-order valence-electron chi connectivity index (χ0n) is 12.6. The van der Waals surface area contributed by atoms with Crippen LogP contribution in [0.15, 0.2) is 24.5 Å². The minimum Gasteiger partial charge on any atom is -0.454 e. The molecule has 0 radical (unpaired) electrons. The van der Waals surface area contributed by atoms with E-state index >= 15 is 0 Å². The van der Waals surface area contributed by atoms with Gasteiger partial charge in [0, 0.05) is 26.4 Å². The number of carbonyl (C=O) groups is 1. The molecule has 2 aromatic heterocycles. The van der Waals surface area contributed by atoms with E-state index < -0.39 is 0 Å². The van der Waals surface area contributed by atoms with Crippen molar-refractivity contribution in [1.29, 1.82) is 0 Å². The van der Waals surface area contributed by atoms with Gasteiger partial charge in [0.2, 0.25) is 0 Å². The fourth-order valence-corrected chi connectivity index (χ4v) is 2.05. The fourth-order valence-electron chi connectivity index (χ4n) is 1.77. The fraction of sp³-hybridized carbons (Fsp3) is 0.214. The number of ether oxygens (including phenoxy) is 2. The lowest BCUT2D eigenvalue weighted by molar-refractivity contribution is -0.119. The Bertz CT molecular complexity index is 711. The maximum absolute atomic E-state index is 11.5. The number of nitrogen functional groups attached to an aromatic ring is 1. The lowest BCUT2D eigenvalue weighted by atomic mass is 10.3. The van der Waals surface area contributed by atoms with Crippen molar-refractivity contribution in [3.05, 3.63) is 29.5 Å². The van der Waals surface area contributed by atoms with Crippen molar-refractivity contribution in [3.8, 4) is 11.5 Å². The molecule has 0 saturated carbocycles. The summed E-state index contributed by atoms with van der Waals surface area (Å²) in [4.78, 5) is 19.5. The van der Waals surface area contributed by atoms with E-state index in [9.17, 15) is 4.79 Å². The van der Waals surface area contributed by atoms with Crippen molar-refractivity contribution in [1.82, 2.24) is 9.97 Å². The van der Waals surface area contributed by atoms with Crippen molar-refractivity contribution >= 4 is 34.8 Å². The summed E-state index contributed by atoms with van der Waals surface area (Å²) in [7, 11) is 3.11. The van der Waals surface area contributed by atoms with E-state index in [1.807, 2.05) is 0 Å². The van der Waals surface area contributed by atoms with Crippen molar-refractivity contribution < 1.29 is 14.3 Å². The lowest BCUT2D eigenvalue weighted by Gasteiger charge is -2.12. The zero-order valence-corrected chi connectivity index (χ0v) is 13.3. The summed E-state index contributed by atoms with van der Waals surface area (Å²) in [5.41, 5.74) is 6.20. The van der Waals surface area contributed by atoms with Gasteiger partial charge in [0.25, 0.3) is 5.91 Å². The molecular formula is C14H16ClN5O3. The second-order valence-corrected chi connectivity index (χ2v) is 4.78. The van der Waals surface area contributed by atoms with Crippen LogP contribution >= 0.6 is 11.6 Å². The van der Waals surface area contributed by atoms with Crippen molar-refractivity contribution in [2.75, 3.05) is 37.1 Å². The summed E-state index contributed by atoms with van der Waals surface area (Å²) in [5.74, 6) is 1.04. The van der Waals surface area contributed by atoms with Crippen LogP contribution in [0.5, 0.6) is 11.5 Å². The smallest absolute Gasteiger partial charge is 0.251 e. The highest BCUT2D eigenvalue weighted by molar-refractivity contribution is 6.35. The van der Waals surface area contributed by atoms with Gasteiger partial charge in [-0.15, -0.1) is 0 Å². The van der Waals surface area contributed by atoms with Gasteiger partial charge >= 0.3 is 0 Å². The number of hydrogen-bond donors (Lipinski definition) is 3. The van der Waals surface area contributed by atoms with Crippen LogP contribution in [0.25, 0.3) is 0 Å². The minimum atomic E-state index is -0.318. The summed E-state index contributed by atoms with van der Waals surface area (Å²) in [6, 6.07) is 3.18. The standard InChI is InChI=1S/C14H16ClN5O3/c1-17-13-12(15)9(6-19-14(13)16)23-8-3-4-18-10(5-8)20-11(21)7-22-2/h3-6,17H,7H2,1-2H3,(H2,16,19)(H,18,20,21). The molecule has 0 unspecified atom stereocenters. The van der Waals surface area contributed by atoms with Gasteiger partial charge in [0.05, 0.1) is 11.9 Å². The quantitative estimate of drug-likeness (QED) is 0.740. The van der Waals surface area contributed by atoms with Crippen LogP contribution in [-0.4, -0.2) is 36.6 Å². The molecule has 0 fully saturated rings. The second kappa shape index (κ2) is 7.61. The third-order valence-electron chi connectivity index (χ3n) is 2.76. The highest BCUT2D eigenvalue weighted by atomic mass is 35.5. The Hall–Kier alpha value is -2.58. The first-order valence-corrected chi connectivity index (χ1v) is 6.97. The number of nitrogens with two attached hydrogens (primary N) is 1. The SMILES string of the molecule is CNc1c(N)ncc(Oc2ccnc(NC(=O)COC)c2)c1Cl. The van der Waals surface area contributed by atoms with Crippen LogP contribution in [0.1, 0.15) is 0 Å². The van der Waals surface area contributed by atoms with E-state index in [0.29, 0.717) is 28.0 Å². The monoisotopic (exact) mass is 337 g/mol. The van der Waals surface area contributed by atoms with Crippen LogP contribution < -0.4 is 21.1 Å². The predicted molar refractivity (Wildman–Crippen MR) is 88.0 cm³/mol. The number of methoxy groups -OCH3 is 1. The Morgan fingerprint density at radius 1 is 1.43 bits per heavy atom. The Balaban J connectivity index is 2.19. The summed E-state index contributed by atoms with van der Waals surface area (Å²) >= 11 is 6.22. The van der Waals surface area contributed by atoms with Crippen LogP contribution in [0, 0.1) is 0 Å². The Kier molecular flexibility index (Phi) is 5.56. The number of rotatable bonds is 6. The summed E-state index contributed by atoms with van der Waals surface area (Å²) < 4.78 is 10.4. The van der Waals surface area contributed by atoms with Gasteiger partial charge < -0.3 is 25.8 Å². The molecule has 2 rings (SSSR count). The Morgan fingerprint density at radius 3 is 2.91 bits per heavy atom. The average Bonchev–Trinajstić information content (AvgIpc) is 2.51. The molecule has 1 amide bonds. The van der Waals surface area contributed by atoms with E-state index in [0.717, 1.165) is 0 Å². The van der Waals surface area contributed by atoms with Gasteiger partial charge in [-0.05, 0) is 6.07 Å². The first-order valence-electron chi connectivity index (χ1n) is 6.59. The van der Waals surface area contributed by atoms with E-state index in [4.69, 9.17) is 26.8 Å². The third kappa shape index (κ3) is 4.21. The largest absolute Gasteiger partial charge is 0.454 e. The van der Waals surface area contributed by atoms with Gasteiger partial charge in [-0.1, -0.05) is 11.6 Å². The maximum Gasteiger partial charge on any atom is 0.251 e. The van der Waals surface area contributed by atoms with Crippen molar-refractivity contribution in [3.63, 3.8) is 0 Å². The summed E-state index contributed by atoms with van der Waals surface area (Å²) in [6.07, 6.45) is 2.91. The molecule has 2 aromatic rings. The molecule has 0 saturated heterocycles. The number of hydrogen-bond acceptors (Lipinski definition) is 7. The van der Waals surface area contributed by atoms with E-state index in [2.05, 4.69) is 20.6 Å². The molecule has 0 aliphatic rings. The average molecular weight is 338 g/mol. The third-order valence-corrected chi connectivity index (χ3v) is 3.14. The van der Waals surface area contributed by atoms with Gasteiger partial charge in [-0.3, -0.25) is 4.79 Å². The molecule has 122 valence electrons. The molecule has 0 atom stereocenters. The van der Waals surface area contributed by atoms with Crippen LogP contribution in [0.2, 0.25) is 5.02 Å². The molecule has 0 aliphatic heterocycles. The van der Waals surface area contributed by atoms with Gasteiger partial charge in [-0.2, -0.15) is 0 Å². The molecule has 0 spiro atoms. The summed E-state index contributed by atoms with van der Waals surface area (Å²) in [5, 5.41) is 5.75. The lowest BCUT2D eigenvalue weighted by Crippen LogP contribution is -2.17. The molecule has 0 aliphatic carbocycles. The van der Waals surface area contributed by atoms with E-state index in [1.165, 1.54) is 19.5 Å². The van der Waals surface area contributed by atoms with E-state index in [1.54, 1.807) is 19.2 Å². The van der Waals surface area contributed by atoms with Crippen LogP contribution in [0.3, 0.4) is 0 Å². The molecule has 0 aromatic carbocycles. The topological polar surface area (TPSA) is 111 Å². The molecule has 4 N–H and O–H groups in total. The normalized spacial score (nSPS) is 10.2. The maximum atomic E-state index is 11.5. The Labute approximate surface area is 138 Å². The molecule has 0 bridgehead atoms. The number of nitrogens with one attached hydrogen (secondary N) is 2. The van der Waals surface area contributed by atoms with Gasteiger partial charge in [0.1, 0.15) is 29.0 Å². The highest BCUT2D eigenvalue weighted by Gasteiger charge is 2.12. The predicted octanol–water partition coefficient (Wildman–Crippen LogP) is 2.13. The molecule has 8 nitrogen and oxygen atoms in total. The number of nitrogens with zero attached hydrogens (tertiary/aromatic N) is 2. The minimum absolute atomic E-state index is 0.0635. The summed E-state index contributed by atoms with van der Waals surface area (Å²) in [6.45, 7) is -0.0635. The highest BCUT2D eigenvalue weighted by Crippen LogP contribution is 2.37. The van der Waals surface area contributed by atoms with Crippen LogP contribution in [-0.2, 0) is 9.53 Å². The molecule has 23 heavy (non-hydrogen) atoms. The molecule has 2 heterocycles. The molecule has 9 heteroatoms. The van der Waals surface area contributed by atoms with Gasteiger partial charge in [-0.25, -0.2) is 9.97 Å². The molecular weight excluding hydrogens is 322 g/mol. The number of aromatic nitrogens is 2. The van der Waals surface area contributed by atoms with Crippen molar-refractivity contribution in [2.45, 2.75) is 0 Å².